The molecule has 2 rings (SSSR count). The molecule has 20 heavy (non-hydrogen) atoms. The Morgan fingerprint density at radius 3 is 2.65 bits per heavy atom. The van der Waals surface area contributed by atoms with E-state index >= 15 is 0 Å². The normalized spacial score (nSPS) is 11.8. The molecule has 1 heterocycles. The Labute approximate surface area is 113 Å². The zero-order chi connectivity index (χ0) is 14.8. The zero-order valence-corrected chi connectivity index (χ0v) is 10.7. The Bertz CT molecular complexity index is 590. The standard InChI is InChI=1S/C13H13F4N3/c1-2-18-8-9-5-6-20(19-9)10-3-4-12(14)11(7-10)13(15,16)17/h3-7,18H,2,8H2,1H3. The van der Waals surface area contributed by atoms with Gasteiger partial charge in [0.15, 0.2) is 0 Å². The SMILES string of the molecule is CCNCc1ccn(-c2ccc(F)c(C(F)(F)F)c2)n1. The van der Waals surface area contributed by atoms with Gasteiger partial charge in [-0.05, 0) is 30.8 Å². The first kappa shape index (κ1) is 14.5. The lowest BCUT2D eigenvalue weighted by Gasteiger charge is -2.10. The smallest absolute Gasteiger partial charge is 0.311 e. The third kappa shape index (κ3) is 3.16. The van der Waals surface area contributed by atoms with Crippen molar-refractivity contribution in [3.05, 3.63) is 47.5 Å². The number of benzene rings is 1. The molecule has 2 aromatic rings. The van der Waals surface area contributed by atoms with Crippen molar-refractivity contribution in [3.8, 4) is 5.69 Å². The van der Waals surface area contributed by atoms with Gasteiger partial charge in [0.1, 0.15) is 5.82 Å². The second-order valence-electron chi connectivity index (χ2n) is 4.19. The maximum Gasteiger partial charge on any atom is 0.419 e. The summed E-state index contributed by atoms with van der Waals surface area (Å²) in [4.78, 5) is 0. The van der Waals surface area contributed by atoms with Crippen molar-refractivity contribution in [1.82, 2.24) is 15.1 Å². The summed E-state index contributed by atoms with van der Waals surface area (Å²) in [6.45, 7) is 3.23. The molecule has 7 heteroatoms. The first-order valence-electron chi connectivity index (χ1n) is 6.04. The van der Waals surface area contributed by atoms with Gasteiger partial charge < -0.3 is 5.32 Å². The van der Waals surface area contributed by atoms with Crippen LogP contribution in [0.25, 0.3) is 5.69 Å². The van der Waals surface area contributed by atoms with E-state index in [0.29, 0.717) is 12.2 Å². The van der Waals surface area contributed by atoms with Crippen LogP contribution in [-0.2, 0) is 12.7 Å². The summed E-state index contributed by atoms with van der Waals surface area (Å²) in [5.41, 5.74) is -0.426. The van der Waals surface area contributed by atoms with Crippen molar-refractivity contribution in [3.63, 3.8) is 0 Å². The van der Waals surface area contributed by atoms with Gasteiger partial charge in [-0.15, -0.1) is 0 Å². The highest BCUT2D eigenvalue weighted by molar-refractivity contribution is 5.37. The molecule has 0 aliphatic rings. The Morgan fingerprint density at radius 2 is 2.00 bits per heavy atom. The van der Waals surface area contributed by atoms with Crippen LogP contribution in [0.15, 0.2) is 30.5 Å². The van der Waals surface area contributed by atoms with Crippen LogP contribution in [0.1, 0.15) is 18.2 Å². The van der Waals surface area contributed by atoms with Gasteiger partial charge in [0.2, 0.25) is 0 Å². The van der Waals surface area contributed by atoms with Crippen molar-refractivity contribution in [2.75, 3.05) is 6.54 Å². The van der Waals surface area contributed by atoms with Crippen LogP contribution < -0.4 is 5.32 Å². The van der Waals surface area contributed by atoms with Crippen LogP contribution in [0.4, 0.5) is 17.6 Å². The third-order valence-electron chi connectivity index (χ3n) is 2.72. The fourth-order valence-corrected chi connectivity index (χ4v) is 1.73. The van der Waals surface area contributed by atoms with Crippen molar-refractivity contribution < 1.29 is 17.6 Å². The Kier molecular flexibility index (Phi) is 4.08. The Balaban J connectivity index is 2.31. The molecule has 0 bridgehead atoms. The van der Waals surface area contributed by atoms with Gasteiger partial charge in [-0.3, -0.25) is 0 Å². The van der Waals surface area contributed by atoms with Crippen LogP contribution in [0, 0.1) is 5.82 Å². The minimum Gasteiger partial charge on any atom is -0.311 e. The molecule has 0 radical (unpaired) electrons. The molecule has 0 atom stereocenters. The van der Waals surface area contributed by atoms with Crippen LogP contribution in [0.3, 0.4) is 0 Å². The summed E-state index contributed by atoms with van der Waals surface area (Å²) < 4.78 is 52.4. The van der Waals surface area contributed by atoms with E-state index in [1.807, 2.05) is 6.92 Å². The second kappa shape index (κ2) is 5.62. The van der Waals surface area contributed by atoms with Crippen molar-refractivity contribution in [2.24, 2.45) is 0 Å². The third-order valence-corrected chi connectivity index (χ3v) is 2.72. The van der Waals surface area contributed by atoms with Crippen LogP contribution in [0.2, 0.25) is 0 Å². The monoisotopic (exact) mass is 287 g/mol. The molecule has 0 amide bonds. The summed E-state index contributed by atoms with van der Waals surface area (Å²) in [5, 5.41) is 7.19. The van der Waals surface area contributed by atoms with E-state index in [0.717, 1.165) is 18.7 Å². The zero-order valence-electron chi connectivity index (χ0n) is 10.7. The second-order valence-corrected chi connectivity index (χ2v) is 4.19. The topological polar surface area (TPSA) is 29.9 Å². The molecule has 108 valence electrons. The quantitative estimate of drug-likeness (QED) is 0.876. The number of hydrogen-bond donors (Lipinski definition) is 1. The summed E-state index contributed by atoms with van der Waals surface area (Å²) in [7, 11) is 0. The maximum atomic E-state index is 13.2. The highest BCUT2D eigenvalue weighted by atomic mass is 19.4. The van der Waals surface area contributed by atoms with Crippen LogP contribution in [-0.4, -0.2) is 16.3 Å². The molecule has 0 aliphatic carbocycles. The molecule has 0 unspecified atom stereocenters. The summed E-state index contributed by atoms with van der Waals surface area (Å²) in [5.74, 6) is -1.29. The van der Waals surface area contributed by atoms with Gasteiger partial charge in [-0.1, -0.05) is 6.92 Å². The van der Waals surface area contributed by atoms with Gasteiger partial charge in [0.05, 0.1) is 16.9 Å². The van der Waals surface area contributed by atoms with Gasteiger partial charge >= 0.3 is 6.18 Å². The molecular formula is C13H13F4N3. The minimum atomic E-state index is -4.72. The molecule has 0 saturated carbocycles. The average molecular weight is 287 g/mol. The van der Waals surface area contributed by atoms with Crippen LogP contribution >= 0.6 is 0 Å². The first-order chi connectivity index (χ1) is 9.41. The molecule has 1 aromatic carbocycles. The van der Waals surface area contributed by atoms with Gasteiger partial charge in [0.25, 0.3) is 0 Å². The fourth-order valence-electron chi connectivity index (χ4n) is 1.73. The number of halogens is 4. The van der Waals surface area contributed by atoms with Crippen molar-refractivity contribution in [2.45, 2.75) is 19.6 Å². The van der Waals surface area contributed by atoms with E-state index in [1.165, 1.54) is 10.7 Å². The van der Waals surface area contributed by atoms with Crippen molar-refractivity contribution >= 4 is 0 Å². The minimum absolute atomic E-state index is 0.168. The van der Waals surface area contributed by atoms with E-state index in [2.05, 4.69) is 10.4 Å². The molecule has 0 spiro atoms. The number of hydrogen-bond acceptors (Lipinski definition) is 2. The first-order valence-corrected chi connectivity index (χ1v) is 6.04. The van der Waals surface area contributed by atoms with Crippen molar-refractivity contribution in [1.29, 1.82) is 0 Å². The number of alkyl halides is 3. The molecule has 3 nitrogen and oxygen atoms in total. The van der Waals surface area contributed by atoms with E-state index in [4.69, 9.17) is 0 Å². The van der Waals surface area contributed by atoms with E-state index < -0.39 is 17.6 Å². The van der Waals surface area contributed by atoms with Gasteiger partial charge in [0, 0.05) is 12.7 Å². The summed E-state index contributed by atoms with van der Waals surface area (Å²) in [6, 6.07) is 4.50. The highest BCUT2D eigenvalue weighted by Crippen LogP contribution is 2.32. The summed E-state index contributed by atoms with van der Waals surface area (Å²) >= 11 is 0. The lowest BCUT2D eigenvalue weighted by Crippen LogP contribution is -2.12. The number of aromatic nitrogens is 2. The fraction of sp³-hybridized carbons (Fsp3) is 0.308. The molecule has 0 aliphatic heterocycles. The molecule has 0 fully saturated rings. The van der Waals surface area contributed by atoms with Gasteiger partial charge in [-0.2, -0.15) is 18.3 Å². The lowest BCUT2D eigenvalue weighted by atomic mass is 10.2. The van der Waals surface area contributed by atoms with E-state index in [-0.39, 0.29) is 5.69 Å². The largest absolute Gasteiger partial charge is 0.419 e. The molecular weight excluding hydrogens is 274 g/mol. The highest BCUT2D eigenvalue weighted by Gasteiger charge is 2.34. The lowest BCUT2D eigenvalue weighted by molar-refractivity contribution is -0.140. The van der Waals surface area contributed by atoms with Gasteiger partial charge in [-0.25, -0.2) is 9.07 Å². The van der Waals surface area contributed by atoms with E-state index in [1.54, 1.807) is 12.3 Å². The number of nitrogens with zero attached hydrogens (tertiary/aromatic N) is 2. The Morgan fingerprint density at radius 1 is 1.25 bits per heavy atom. The summed E-state index contributed by atoms with van der Waals surface area (Å²) in [6.07, 6.45) is -3.18. The predicted octanol–water partition coefficient (Wildman–Crippen LogP) is 3.14. The molecule has 0 saturated heterocycles. The van der Waals surface area contributed by atoms with E-state index in [9.17, 15) is 17.6 Å². The molecule has 1 N–H and O–H groups in total. The number of rotatable bonds is 4. The maximum absolute atomic E-state index is 13.2. The predicted molar refractivity (Wildman–Crippen MR) is 65.9 cm³/mol. The van der Waals surface area contributed by atoms with Crippen LogP contribution in [0.5, 0.6) is 0 Å². The molecule has 1 aromatic heterocycles. The Hall–Kier alpha value is -1.89. The number of nitrogens with one attached hydrogen (secondary N) is 1. The average Bonchev–Trinajstić information content (AvgIpc) is 2.84.